The lowest BCUT2D eigenvalue weighted by Gasteiger charge is -2.32. The van der Waals surface area contributed by atoms with E-state index in [1.165, 1.54) is 24.4 Å². The molecule has 30 heavy (non-hydrogen) atoms. The van der Waals surface area contributed by atoms with E-state index in [1.54, 1.807) is 18.3 Å². The molecule has 2 aromatic carbocycles. The van der Waals surface area contributed by atoms with Crippen LogP contribution in [0.3, 0.4) is 0 Å². The van der Waals surface area contributed by atoms with Crippen LogP contribution in [-0.4, -0.2) is 9.88 Å². The lowest BCUT2D eigenvalue weighted by atomic mass is 10.0. The summed E-state index contributed by atoms with van der Waals surface area (Å²) in [6.07, 6.45) is 6.78. The standard InChI is InChI=1S/C24H19F3N2O/c1-16-4-2-3-5-23(16)30-21-7-9-29(15-17-10-19(25)13-20(26)11-17)22(14-21)18-6-8-28-24(27)12-18/h2-14,22H,15H2,1H3. The average Bonchev–Trinajstić information content (AvgIpc) is 2.70. The normalized spacial score (nSPS) is 15.8. The smallest absolute Gasteiger partial charge is 0.213 e. The Balaban J connectivity index is 1.66. The van der Waals surface area contributed by atoms with Crippen LogP contribution in [0, 0.1) is 24.5 Å². The molecule has 1 atom stereocenters. The van der Waals surface area contributed by atoms with Gasteiger partial charge in [0.2, 0.25) is 5.95 Å². The van der Waals surface area contributed by atoms with Crippen LogP contribution in [0.15, 0.2) is 84.9 Å². The number of hydrogen-bond acceptors (Lipinski definition) is 3. The van der Waals surface area contributed by atoms with Gasteiger partial charge in [-0.15, -0.1) is 0 Å². The highest BCUT2D eigenvalue weighted by atomic mass is 19.1. The molecular formula is C24H19F3N2O. The zero-order valence-electron chi connectivity index (χ0n) is 16.2. The van der Waals surface area contributed by atoms with Gasteiger partial charge in [-0.2, -0.15) is 4.39 Å². The number of aryl methyl sites for hydroxylation is 1. The predicted molar refractivity (Wildman–Crippen MR) is 108 cm³/mol. The van der Waals surface area contributed by atoms with Gasteiger partial charge >= 0.3 is 0 Å². The van der Waals surface area contributed by atoms with Crippen LogP contribution in [0.4, 0.5) is 13.2 Å². The van der Waals surface area contributed by atoms with E-state index in [2.05, 4.69) is 4.98 Å². The fourth-order valence-corrected chi connectivity index (χ4v) is 3.39. The second kappa shape index (κ2) is 8.45. The molecule has 0 saturated heterocycles. The van der Waals surface area contributed by atoms with Gasteiger partial charge in [-0.25, -0.2) is 13.8 Å². The van der Waals surface area contributed by atoms with E-state index in [0.29, 0.717) is 22.6 Å². The summed E-state index contributed by atoms with van der Waals surface area (Å²) >= 11 is 0. The van der Waals surface area contributed by atoms with Crippen LogP contribution in [0.5, 0.6) is 5.75 Å². The number of rotatable bonds is 5. The summed E-state index contributed by atoms with van der Waals surface area (Å²) in [5.41, 5.74) is 2.10. The molecule has 0 fully saturated rings. The molecular weight excluding hydrogens is 389 g/mol. The Morgan fingerprint density at radius 2 is 1.77 bits per heavy atom. The van der Waals surface area contributed by atoms with Crippen molar-refractivity contribution in [3.8, 4) is 5.75 Å². The quantitative estimate of drug-likeness (QED) is 0.496. The number of aromatic nitrogens is 1. The van der Waals surface area contributed by atoms with Crippen molar-refractivity contribution < 1.29 is 17.9 Å². The molecule has 3 aromatic rings. The lowest BCUT2D eigenvalue weighted by molar-refractivity contribution is 0.295. The number of para-hydroxylation sites is 1. The van der Waals surface area contributed by atoms with Gasteiger partial charge in [-0.05, 0) is 66.1 Å². The van der Waals surface area contributed by atoms with Gasteiger partial charge in [0, 0.05) is 25.0 Å². The van der Waals surface area contributed by atoms with E-state index in [0.717, 1.165) is 11.6 Å². The predicted octanol–water partition coefficient (Wildman–Crippen LogP) is 5.84. The first-order valence-corrected chi connectivity index (χ1v) is 9.43. The number of pyridine rings is 1. The fraction of sp³-hybridized carbons (Fsp3) is 0.125. The Kier molecular flexibility index (Phi) is 5.57. The maximum absolute atomic E-state index is 13.8. The highest BCUT2D eigenvalue weighted by molar-refractivity contribution is 5.37. The molecule has 2 heterocycles. The van der Waals surface area contributed by atoms with E-state index in [4.69, 9.17) is 4.74 Å². The minimum absolute atomic E-state index is 0.230. The number of hydrogen-bond donors (Lipinski definition) is 0. The van der Waals surface area contributed by atoms with Crippen molar-refractivity contribution in [1.29, 1.82) is 0 Å². The van der Waals surface area contributed by atoms with E-state index in [-0.39, 0.29) is 6.54 Å². The topological polar surface area (TPSA) is 25.4 Å². The van der Waals surface area contributed by atoms with Gasteiger partial charge in [0.25, 0.3) is 0 Å². The van der Waals surface area contributed by atoms with Crippen molar-refractivity contribution in [3.05, 3.63) is 119 Å². The Morgan fingerprint density at radius 1 is 1.00 bits per heavy atom. The van der Waals surface area contributed by atoms with Crippen LogP contribution in [0.2, 0.25) is 0 Å². The molecule has 0 amide bonds. The Hall–Kier alpha value is -3.54. The summed E-state index contributed by atoms with van der Waals surface area (Å²) in [6.45, 7) is 2.18. The molecule has 3 nitrogen and oxygen atoms in total. The lowest BCUT2D eigenvalue weighted by Crippen LogP contribution is -2.25. The van der Waals surface area contributed by atoms with Crippen molar-refractivity contribution >= 4 is 0 Å². The third kappa shape index (κ3) is 4.54. The SMILES string of the molecule is Cc1ccccc1OC1=CC(c2ccnc(F)c2)N(Cc2cc(F)cc(F)c2)C=C1. The first-order valence-electron chi connectivity index (χ1n) is 9.43. The fourth-order valence-electron chi connectivity index (χ4n) is 3.39. The number of ether oxygens (including phenoxy) is 1. The Labute approximate surface area is 172 Å². The number of halogens is 3. The minimum atomic E-state index is -0.642. The number of benzene rings is 2. The highest BCUT2D eigenvalue weighted by Gasteiger charge is 2.22. The highest BCUT2D eigenvalue weighted by Crippen LogP contribution is 2.31. The second-order valence-corrected chi connectivity index (χ2v) is 7.06. The summed E-state index contributed by atoms with van der Waals surface area (Å²) in [7, 11) is 0. The van der Waals surface area contributed by atoms with Gasteiger partial charge < -0.3 is 9.64 Å². The first-order chi connectivity index (χ1) is 14.5. The van der Waals surface area contributed by atoms with Crippen LogP contribution in [0.25, 0.3) is 0 Å². The maximum Gasteiger partial charge on any atom is 0.213 e. The number of allylic oxidation sites excluding steroid dienone is 1. The second-order valence-electron chi connectivity index (χ2n) is 7.06. The van der Waals surface area contributed by atoms with Gasteiger partial charge in [0.15, 0.2) is 0 Å². The monoisotopic (exact) mass is 408 g/mol. The van der Waals surface area contributed by atoms with Crippen LogP contribution >= 0.6 is 0 Å². The van der Waals surface area contributed by atoms with E-state index in [1.807, 2.05) is 42.2 Å². The van der Waals surface area contributed by atoms with Gasteiger partial charge in [-0.3, -0.25) is 0 Å². The third-order valence-corrected chi connectivity index (χ3v) is 4.81. The van der Waals surface area contributed by atoms with Gasteiger partial charge in [0.1, 0.15) is 23.1 Å². The van der Waals surface area contributed by atoms with Crippen molar-refractivity contribution in [1.82, 2.24) is 9.88 Å². The van der Waals surface area contributed by atoms with Crippen molar-refractivity contribution in [3.63, 3.8) is 0 Å². The van der Waals surface area contributed by atoms with Crippen molar-refractivity contribution in [2.75, 3.05) is 0 Å². The molecule has 6 heteroatoms. The Morgan fingerprint density at radius 3 is 2.50 bits per heavy atom. The summed E-state index contributed by atoms with van der Waals surface area (Å²) < 4.78 is 47.1. The van der Waals surface area contributed by atoms with Crippen molar-refractivity contribution in [2.24, 2.45) is 0 Å². The summed E-state index contributed by atoms with van der Waals surface area (Å²) in [4.78, 5) is 5.47. The molecule has 0 aliphatic carbocycles. The molecule has 1 unspecified atom stereocenters. The largest absolute Gasteiger partial charge is 0.457 e. The molecule has 0 bridgehead atoms. The molecule has 1 aromatic heterocycles. The Bertz CT molecular complexity index is 1110. The van der Waals surface area contributed by atoms with E-state index in [9.17, 15) is 13.2 Å². The maximum atomic E-state index is 13.8. The number of nitrogens with zero attached hydrogens (tertiary/aromatic N) is 2. The molecule has 4 rings (SSSR count). The zero-order chi connectivity index (χ0) is 21.1. The summed E-state index contributed by atoms with van der Waals surface area (Å²) in [5, 5.41) is 0. The average molecular weight is 408 g/mol. The minimum Gasteiger partial charge on any atom is -0.457 e. The molecule has 152 valence electrons. The summed E-state index contributed by atoms with van der Waals surface area (Å²) in [6, 6.07) is 13.7. The van der Waals surface area contributed by atoms with Crippen LogP contribution in [-0.2, 0) is 6.54 Å². The molecule has 0 radical (unpaired) electrons. The first kappa shape index (κ1) is 19.8. The summed E-state index contributed by atoms with van der Waals surface area (Å²) in [5.74, 6) is -0.580. The zero-order valence-corrected chi connectivity index (χ0v) is 16.2. The molecule has 0 N–H and O–H groups in total. The molecule has 0 spiro atoms. The van der Waals surface area contributed by atoms with E-state index < -0.39 is 23.6 Å². The molecule has 0 saturated carbocycles. The van der Waals surface area contributed by atoms with Crippen molar-refractivity contribution in [2.45, 2.75) is 19.5 Å². The van der Waals surface area contributed by atoms with Crippen LogP contribution < -0.4 is 4.74 Å². The van der Waals surface area contributed by atoms with Gasteiger partial charge in [0.05, 0.1) is 6.04 Å². The third-order valence-electron chi connectivity index (χ3n) is 4.81. The van der Waals surface area contributed by atoms with E-state index >= 15 is 0 Å². The molecule has 1 aliphatic rings. The van der Waals surface area contributed by atoms with Crippen LogP contribution in [0.1, 0.15) is 22.7 Å². The molecule has 1 aliphatic heterocycles. The van der Waals surface area contributed by atoms with Gasteiger partial charge in [-0.1, -0.05) is 18.2 Å².